The van der Waals surface area contributed by atoms with Crippen molar-refractivity contribution in [1.29, 1.82) is 0 Å². The van der Waals surface area contributed by atoms with Crippen LogP contribution < -0.4 is 4.74 Å². The summed E-state index contributed by atoms with van der Waals surface area (Å²) < 4.78 is 5.46. The van der Waals surface area contributed by atoms with Crippen LogP contribution in [0, 0.1) is 0 Å². The van der Waals surface area contributed by atoms with Gasteiger partial charge in [-0.2, -0.15) is 0 Å². The van der Waals surface area contributed by atoms with E-state index in [1.54, 1.807) is 41.8 Å². The van der Waals surface area contributed by atoms with E-state index in [0.29, 0.717) is 29.2 Å². The molecule has 2 N–H and O–H groups in total. The predicted octanol–water partition coefficient (Wildman–Crippen LogP) is 3.11. The second-order valence-corrected chi connectivity index (χ2v) is 7.06. The fourth-order valence-electron chi connectivity index (χ4n) is 3.18. The molecule has 1 amide bonds. The number of amides is 1. The van der Waals surface area contributed by atoms with Crippen molar-refractivity contribution in [2.24, 2.45) is 0 Å². The number of rotatable bonds is 8. The normalized spacial score (nSPS) is 16.9. The predicted molar refractivity (Wildman–Crippen MR) is 102 cm³/mol. The average molecular weight is 387 g/mol. The number of ether oxygens (including phenoxy) is 1. The zero-order chi connectivity index (χ0) is 19.4. The van der Waals surface area contributed by atoms with Gasteiger partial charge in [0.1, 0.15) is 12.4 Å². The third kappa shape index (κ3) is 3.74. The van der Waals surface area contributed by atoms with Crippen LogP contribution in [0.15, 0.2) is 53.1 Å². The van der Waals surface area contributed by atoms with Crippen LogP contribution in [0.25, 0.3) is 0 Å². The molecule has 1 atom stereocenters. The number of nitrogens with zero attached hydrogens (tertiary/aromatic N) is 1. The van der Waals surface area contributed by atoms with Crippen LogP contribution in [0.3, 0.4) is 0 Å². The number of carbonyl (C=O) groups is 2. The molecule has 27 heavy (non-hydrogen) atoms. The molecule has 7 heteroatoms. The molecule has 1 unspecified atom stereocenters. The Balaban J connectivity index is 2.04. The van der Waals surface area contributed by atoms with Gasteiger partial charge in [-0.05, 0) is 35.6 Å². The molecule has 0 aliphatic carbocycles. The number of aliphatic hydroxyl groups excluding tert-OH is 2. The molecular formula is C20H21NO5S. The summed E-state index contributed by atoms with van der Waals surface area (Å²) in [5.74, 6) is -0.849. The quantitative estimate of drug-likeness (QED) is 0.680. The van der Waals surface area contributed by atoms with Crippen molar-refractivity contribution >= 4 is 23.0 Å². The van der Waals surface area contributed by atoms with E-state index in [0.717, 1.165) is 0 Å². The van der Waals surface area contributed by atoms with Gasteiger partial charge in [0.25, 0.3) is 5.91 Å². The topological polar surface area (TPSA) is 87.1 Å². The highest BCUT2D eigenvalue weighted by Gasteiger charge is 2.43. The maximum absolute atomic E-state index is 13.0. The van der Waals surface area contributed by atoms with Crippen molar-refractivity contribution in [3.05, 3.63) is 63.6 Å². The first kappa shape index (κ1) is 19.1. The lowest BCUT2D eigenvalue weighted by Crippen LogP contribution is -2.31. The van der Waals surface area contributed by atoms with Gasteiger partial charge in [0.2, 0.25) is 5.78 Å². The van der Waals surface area contributed by atoms with Crippen LogP contribution in [0.2, 0.25) is 0 Å². The molecule has 0 radical (unpaired) electrons. The molecule has 0 bridgehead atoms. The van der Waals surface area contributed by atoms with Crippen molar-refractivity contribution in [2.45, 2.75) is 19.4 Å². The molecule has 2 aromatic rings. The number of thiophene rings is 1. The minimum absolute atomic E-state index is 0.0928. The lowest BCUT2D eigenvalue weighted by Gasteiger charge is -2.26. The molecule has 1 aliphatic rings. The highest BCUT2D eigenvalue weighted by atomic mass is 32.1. The van der Waals surface area contributed by atoms with Gasteiger partial charge in [-0.3, -0.25) is 9.59 Å². The van der Waals surface area contributed by atoms with Gasteiger partial charge in [0.05, 0.1) is 23.1 Å². The standard InChI is InChI=1S/C20H21NO5S/c1-2-8-21-17(13-5-3-6-14(12-13)26-10-9-22)16(19(24)20(21)25)18(23)15-7-4-11-27-15/h3-7,11-12,17,22,24H,2,8-10H2,1H3. The summed E-state index contributed by atoms with van der Waals surface area (Å²) in [5.41, 5.74) is 0.770. The van der Waals surface area contributed by atoms with Crippen LogP contribution >= 0.6 is 11.3 Å². The van der Waals surface area contributed by atoms with Crippen LogP contribution in [-0.4, -0.2) is 46.6 Å². The number of hydrogen-bond donors (Lipinski definition) is 2. The highest BCUT2D eigenvalue weighted by molar-refractivity contribution is 7.12. The third-order valence-electron chi connectivity index (χ3n) is 4.29. The van der Waals surface area contributed by atoms with E-state index in [9.17, 15) is 14.7 Å². The van der Waals surface area contributed by atoms with E-state index in [2.05, 4.69) is 0 Å². The van der Waals surface area contributed by atoms with E-state index in [1.165, 1.54) is 16.2 Å². The minimum atomic E-state index is -0.676. The fraction of sp³-hybridized carbons (Fsp3) is 0.300. The van der Waals surface area contributed by atoms with Crippen LogP contribution in [0.1, 0.15) is 34.6 Å². The molecular weight excluding hydrogens is 366 g/mol. The van der Waals surface area contributed by atoms with Gasteiger partial charge < -0.3 is 19.8 Å². The molecule has 0 fully saturated rings. The van der Waals surface area contributed by atoms with Gasteiger partial charge in [-0.25, -0.2) is 0 Å². The Morgan fingerprint density at radius 1 is 1.30 bits per heavy atom. The molecule has 2 heterocycles. The largest absolute Gasteiger partial charge is 0.503 e. The monoisotopic (exact) mass is 387 g/mol. The third-order valence-corrected chi connectivity index (χ3v) is 5.16. The maximum atomic E-state index is 13.0. The van der Waals surface area contributed by atoms with E-state index in [4.69, 9.17) is 9.84 Å². The highest BCUT2D eigenvalue weighted by Crippen LogP contribution is 2.40. The number of Topliss-reactive ketones (excluding diaryl/α,β-unsaturated/α-hetero) is 1. The first-order valence-corrected chi connectivity index (χ1v) is 9.62. The maximum Gasteiger partial charge on any atom is 0.290 e. The van der Waals surface area contributed by atoms with E-state index in [1.807, 2.05) is 6.92 Å². The molecule has 0 saturated carbocycles. The summed E-state index contributed by atoms with van der Waals surface area (Å²) in [6.07, 6.45) is 0.691. The van der Waals surface area contributed by atoms with Gasteiger partial charge in [0, 0.05) is 6.54 Å². The van der Waals surface area contributed by atoms with Crippen LogP contribution in [-0.2, 0) is 4.79 Å². The van der Waals surface area contributed by atoms with E-state index in [-0.39, 0.29) is 24.6 Å². The van der Waals surface area contributed by atoms with E-state index >= 15 is 0 Å². The van der Waals surface area contributed by atoms with Crippen LogP contribution in [0.5, 0.6) is 5.75 Å². The number of carbonyl (C=O) groups excluding carboxylic acids is 2. The summed E-state index contributed by atoms with van der Waals surface area (Å²) >= 11 is 1.27. The molecule has 1 aromatic heterocycles. The fourth-order valence-corrected chi connectivity index (χ4v) is 3.86. The average Bonchev–Trinajstić information content (AvgIpc) is 3.29. The molecule has 1 aliphatic heterocycles. The summed E-state index contributed by atoms with van der Waals surface area (Å²) in [4.78, 5) is 27.6. The van der Waals surface area contributed by atoms with Crippen molar-refractivity contribution in [1.82, 2.24) is 4.90 Å². The summed E-state index contributed by atoms with van der Waals surface area (Å²) in [5, 5.41) is 21.2. The first-order chi connectivity index (χ1) is 13.1. The smallest absolute Gasteiger partial charge is 0.290 e. The van der Waals surface area contributed by atoms with Crippen molar-refractivity contribution in [2.75, 3.05) is 19.8 Å². The van der Waals surface area contributed by atoms with Crippen molar-refractivity contribution < 1.29 is 24.5 Å². The molecule has 1 aromatic carbocycles. The van der Waals surface area contributed by atoms with Gasteiger partial charge in [-0.1, -0.05) is 25.1 Å². The summed E-state index contributed by atoms with van der Waals surface area (Å²) in [6, 6.07) is 9.80. The Labute approximate surface area is 161 Å². The van der Waals surface area contributed by atoms with Crippen molar-refractivity contribution in [3.63, 3.8) is 0 Å². The zero-order valence-corrected chi connectivity index (χ0v) is 15.7. The number of hydrogen-bond acceptors (Lipinski definition) is 6. The summed E-state index contributed by atoms with van der Waals surface area (Å²) in [6.45, 7) is 2.38. The van der Waals surface area contributed by atoms with Gasteiger partial charge >= 0.3 is 0 Å². The molecule has 142 valence electrons. The second-order valence-electron chi connectivity index (χ2n) is 6.11. The van der Waals surface area contributed by atoms with Crippen molar-refractivity contribution in [3.8, 4) is 5.75 Å². The molecule has 3 rings (SSSR count). The molecule has 0 spiro atoms. The Bertz CT molecular complexity index is 859. The minimum Gasteiger partial charge on any atom is -0.503 e. The zero-order valence-electron chi connectivity index (χ0n) is 14.9. The lowest BCUT2D eigenvalue weighted by molar-refractivity contribution is -0.129. The Morgan fingerprint density at radius 2 is 2.11 bits per heavy atom. The second kappa shape index (κ2) is 8.37. The number of ketones is 1. The molecule has 6 nitrogen and oxygen atoms in total. The SMILES string of the molecule is CCCN1C(=O)C(O)=C(C(=O)c2cccs2)C1c1cccc(OCCO)c1. The Hall–Kier alpha value is -2.64. The Kier molecular flexibility index (Phi) is 5.93. The van der Waals surface area contributed by atoms with Gasteiger partial charge in [0.15, 0.2) is 5.76 Å². The lowest BCUT2D eigenvalue weighted by atomic mass is 9.95. The first-order valence-electron chi connectivity index (χ1n) is 8.74. The molecule has 0 saturated heterocycles. The summed E-state index contributed by atoms with van der Waals surface area (Å²) in [7, 11) is 0. The van der Waals surface area contributed by atoms with E-state index < -0.39 is 17.7 Å². The van der Waals surface area contributed by atoms with Crippen LogP contribution in [0.4, 0.5) is 0 Å². The van der Waals surface area contributed by atoms with Gasteiger partial charge in [-0.15, -0.1) is 11.3 Å². The number of benzene rings is 1. The number of aliphatic hydroxyl groups is 2. The Morgan fingerprint density at radius 3 is 2.78 bits per heavy atom.